The van der Waals surface area contributed by atoms with Crippen LogP contribution in [0.2, 0.25) is 0 Å². The zero-order valence-corrected chi connectivity index (χ0v) is 22.9. The first-order valence-electron chi connectivity index (χ1n) is 11.6. The fraction of sp³-hybridized carbons (Fsp3) is 0.207. The van der Waals surface area contributed by atoms with Crippen molar-refractivity contribution in [1.82, 2.24) is 5.32 Å². The third-order valence-electron chi connectivity index (χ3n) is 5.93. The van der Waals surface area contributed by atoms with Crippen molar-refractivity contribution in [2.45, 2.75) is 34.3 Å². The number of carbonyl (C=O) groups excluding carboxylic acids is 3. The van der Waals surface area contributed by atoms with Gasteiger partial charge in [0.2, 0.25) is 0 Å². The molecule has 7 nitrogen and oxygen atoms in total. The van der Waals surface area contributed by atoms with Crippen molar-refractivity contribution in [1.29, 1.82) is 0 Å². The van der Waals surface area contributed by atoms with E-state index in [2.05, 4.69) is 39.4 Å². The predicted molar refractivity (Wildman–Crippen MR) is 146 cm³/mol. The van der Waals surface area contributed by atoms with Crippen LogP contribution in [0.1, 0.15) is 33.4 Å². The summed E-state index contributed by atoms with van der Waals surface area (Å²) in [7, 11) is 1.52. The minimum Gasteiger partial charge on any atom is -0.493 e. The van der Waals surface area contributed by atoms with Gasteiger partial charge < -0.3 is 9.47 Å². The van der Waals surface area contributed by atoms with E-state index in [1.807, 2.05) is 32.9 Å². The molecule has 4 rings (SSSR count). The summed E-state index contributed by atoms with van der Waals surface area (Å²) in [6.45, 7) is 8.07. The molecule has 0 aliphatic carbocycles. The number of carbonyl (C=O) groups is 3. The molecule has 0 bridgehead atoms. The minimum absolute atomic E-state index is 0.168. The SMILES string of the molecule is COc1cc(/C=C2\C(=O)NC(=O)N(c3cc(C)ccc3C)C2=O)cc(Br)c1OCc1cc(C)cc(C)c1. The van der Waals surface area contributed by atoms with Crippen molar-refractivity contribution in [3.8, 4) is 11.5 Å². The van der Waals surface area contributed by atoms with E-state index in [4.69, 9.17) is 9.47 Å². The van der Waals surface area contributed by atoms with Gasteiger partial charge in [-0.15, -0.1) is 0 Å². The van der Waals surface area contributed by atoms with Gasteiger partial charge in [-0.3, -0.25) is 14.9 Å². The zero-order valence-electron chi connectivity index (χ0n) is 21.3. The van der Waals surface area contributed by atoms with Crippen LogP contribution in [0.5, 0.6) is 11.5 Å². The lowest BCUT2D eigenvalue weighted by Crippen LogP contribution is -2.54. The zero-order chi connectivity index (χ0) is 26.9. The number of nitrogens with one attached hydrogen (secondary N) is 1. The Morgan fingerprint density at radius 2 is 1.62 bits per heavy atom. The highest BCUT2D eigenvalue weighted by molar-refractivity contribution is 9.10. The molecule has 8 heteroatoms. The summed E-state index contributed by atoms with van der Waals surface area (Å²) >= 11 is 3.53. The fourth-order valence-electron chi connectivity index (χ4n) is 4.27. The molecule has 3 aromatic carbocycles. The van der Waals surface area contributed by atoms with E-state index in [1.165, 1.54) is 13.2 Å². The lowest BCUT2D eigenvalue weighted by Gasteiger charge is -2.28. The Balaban J connectivity index is 1.66. The van der Waals surface area contributed by atoms with Gasteiger partial charge in [0.25, 0.3) is 11.8 Å². The molecule has 1 saturated heterocycles. The van der Waals surface area contributed by atoms with Crippen LogP contribution < -0.4 is 19.7 Å². The number of imide groups is 2. The standard InChI is InChI=1S/C29H27BrN2O5/c1-16-6-7-19(4)24(11-16)32-28(34)22(27(33)31-29(32)35)12-20-13-23(30)26(25(14-20)36-5)37-15-21-9-17(2)8-18(3)10-21/h6-14H,15H2,1-5H3,(H,31,33,35)/b22-12+. The number of methoxy groups -OCH3 is 1. The number of nitrogens with zero attached hydrogens (tertiary/aromatic N) is 1. The summed E-state index contributed by atoms with van der Waals surface area (Å²) < 4.78 is 12.2. The number of urea groups is 1. The van der Waals surface area contributed by atoms with Gasteiger partial charge in [-0.25, -0.2) is 9.69 Å². The number of hydrogen-bond acceptors (Lipinski definition) is 5. The van der Waals surface area contributed by atoms with E-state index in [1.54, 1.807) is 25.1 Å². The number of benzene rings is 3. The van der Waals surface area contributed by atoms with Crippen LogP contribution in [0.4, 0.5) is 10.5 Å². The average molecular weight is 563 g/mol. The van der Waals surface area contributed by atoms with Gasteiger partial charge in [-0.1, -0.05) is 41.5 Å². The maximum absolute atomic E-state index is 13.3. The molecule has 0 spiro atoms. The maximum atomic E-state index is 13.3. The van der Waals surface area contributed by atoms with E-state index >= 15 is 0 Å². The molecule has 0 radical (unpaired) electrons. The molecule has 0 saturated carbocycles. The van der Waals surface area contributed by atoms with Gasteiger partial charge in [-0.2, -0.15) is 0 Å². The molecule has 0 atom stereocenters. The molecule has 37 heavy (non-hydrogen) atoms. The molecule has 1 fully saturated rings. The lowest BCUT2D eigenvalue weighted by atomic mass is 10.0. The summed E-state index contributed by atoms with van der Waals surface area (Å²) in [4.78, 5) is 39.6. The first-order valence-corrected chi connectivity index (χ1v) is 12.4. The first-order chi connectivity index (χ1) is 17.6. The molecule has 1 aliphatic rings. The van der Waals surface area contributed by atoms with Crippen molar-refractivity contribution in [2.24, 2.45) is 0 Å². The molecular formula is C29H27BrN2O5. The van der Waals surface area contributed by atoms with Gasteiger partial charge in [0.05, 0.1) is 17.3 Å². The van der Waals surface area contributed by atoms with Crippen molar-refractivity contribution in [3.05, 3.63) is 92.0 Å². The highest BCUT2D eigenvalue weighted by Crippen LogP contribution is 2.38. The Morgan fingerprint density at radius 1 is 0.919 bits per heavy atom. The number of aryl methyl sites for hydroxylation is 4. The topological polar surface area (TPSA) is 84.9 Å². The highest BCUT2D eigenvalue weighted by atomic mass is 79.9. The van der Waals surface area contributed by atoms with Gasteiger partial charge in [0.15, 0.2) is 11.5 Å². The van der Waals surface area contributed by atoms with Crippen molar-refractivity contribution in [2.75, 3.05) is 12.0 Å². The minimum atomic E-state index is -0.783. The number of barbiturate groups is 1. The summed E-state index contributed by atoms with van der Waals surface area (Å²) in [5.74, 6) is -0.540. The Kier molecular flexibility index (Phi) is 7.50. The van der Waals surface area contributed by atoms with Crippen LogP contribution in [0.25, 0.3) is 6.08 Å². The summed E-state index contributed by atoms with van der Waals surface area (Å²) in [6, 6.07) is 14.3. The number of rotatable bonds is 6. The van der Waals surface area contributed by atoms with Crippen LogP contribution >= 0.6 is 15.9 Å². The third kappa shape index (κ3) is 5.59. The second-order valence-corrected chi connectivity index (χ2v) is 9.92. The van der Waals surface area contributed by atoms with Crippen LogP contribution in [0, 0.1) is 27.7 Å². The monoisotopic (exact) mass is 562 g/mol. The van der Waals surface area contributed by atoms with E-state index in [9.17, 15) is 14.4 Å². The number of anilines is 1. The number of hydrogen-bond donors (Lipinski definition) is 1. The van der Waals surface area contributed by atoms with Crippen LogP contribution in [-0.4, -0.2) is 25.0 Å². The normalized spacial score (nSPS) is 14.7. The van der Waals surface area contributed by atoms with Crippen molar-refractivity contribution < 1.29 is 23.9 Å². The smallest absolute Gasteiger partial charge is 0.335 e. The Morgan fingerprint density at radius 3 is 2.30 bits per heavy atom. The molecule has 4 amide bonds. The average Bonchev–Trinajstić information content (AvgIpc) is 2.82. The maximum Gasteiger partial charge on any atom is 0.335 e. The quantitative estimate of drug-likeness (QED) is 0.297. The number of ether oxygens (including phenoxy) is 2. The second kappa shape index (κ2) is 10.6. The van der Waals surface area contributed by atoms with Crippen molar-refractivity contribution >= 4 is 45.5 Å². The summed E-state index contributed by atoms with van der Waals surface area (Å²) in [5, 5.41) is 2.27. The van der Waals surface area contributed by atoms with Crippen LogP contribution in [-0.2, 0) is 16.2 Å². The summed E-state index contributed by atoms with van der Waals surface area (Å²) in [6.07, 6.45) is 1.43. The lowest BCUT2D eigenvalue weighted by molar-refractivity contribution is -0.122. The molecular weight excluding hydrogens is 536 g/mol. The Bertz CT molecular complexity index is 1440. The van der Waals surface area contributed by atoms with E-state index < -0.39 is 17.8 Å². The molecule has 1 heterocycles. The Hall–Kier alpha value is -3.91. The van der Waals surface area contributed by atoms with Crippen LogP contribution in [0.3, 0.4) is 0 Å². The van der Waals surface area contributed by atoms with E-state index in [-0.39, 0.29) is 5.57 Å². The van der Waals surface area contributed by atoms with Gasteiger partial charge >= 0.3 is 6.03 Å². The fourth-order valence-corrected chi connectivity index (χ4v) is 4.85. The largest absolute Gasteiger partial charge is 0.493 e. The molecule has 1 N–H and O–H groups in total. The van der Waals surface area contributed by atoms with E-state index in [0.717, 1.165) is 32.7 Å². The molecule has 0 aromatic heterocycles. The van der Waals surface area contributed by atoms with Gasteiger partial charge in [-0.05, 0) is 90.2 Å². The van der Waals surface area contributed by atoms with Crippen LogP contribution in [0.15, 0.2) is 58.6 Å². The highest BCUT2D eigenvalue weighted by Gasteiger charge is 2.37. The molecule has 1 aliphatic heterocycles. The van der Waals surface area contributed by atoms with Gasteiger partial charge in [0, 0.05) is 0 Å². The molecule has 0 unspecified atom stereocenters. The summed E-state index contributed by atoms with van der Waals surface area (Å²) in [5.41, 5.74) is 5.72. The number of halogens is 1. The second-order valence-electron chi connectivity index (χ2n) is 9.07. The van der Waals surface area contributed by atoms with Gasteiger partial charge in [0.1, 0.15) is 12.2 Å². The predicted octanol–water partition coefficient (Wildman–Crippen LogP) is 5.94. The first kappa shape index (κ1) is 26.2. The molecule has 190 valence electrons. The Labute approximate surface area is 224 Å². The number of amides is 4. The molecule has 3 aromatic rings. The third-order valence-corrected chi connectivity index (χ3v) is 6.52. The van der Waals surface area contributed by atoms with Crippen molar-refractivity contribution in [3.63, 3.8) is 0 Å². The van der Waals surface area contributed by atoms with E-state index in [0.29, 0.717) is 33.8 Å².